The normalized spacial score (nSPS) is 12.7. The Morgan fingerprint density at radius 2 is 2.00 bits per heavy atom. The molecule has 0 spiro atoms. The smallest absolute Gasteiger partial charge is 0.0289 e. The lowest BCUT2D eigenvalue weighted by Gasteiger charge is -2.11. The second-order valence-electron chi connectivity index (χ2n) is 4.08. The number of benzene rings is 1. The summed E-state index contributed by atoms with van der Waals surface area (Å²) in [6, 6.07) is 11.4. The van der Waals surface area contributed by atoms with E-state index in [4.69, 9.17) is 0 Å². The van der Waals surface area contributed by atoms with Crippen molar-refractivity contribution < 1.29 is 0 Å². The van der Waals surface area contributed by atoms with Crippen molar-refractivity contribution in [3.8, 4) is 11.1 Å². The first-order valence-corrected chi connectivity index (χ1v) is 6.41. The summed E-state index contributed by atoms with van der Waals surface area (Å²) in [6.45, 7) is 4.33. The molecular weight excluding hydrogens is 214 g/mol. The van der Waals surface area contributed by atoms with Crippen molar-refractivity contribution in [3.05, 3.63) is 46.2 Å². The molecule has 1 aromatic heterocycles. The van der Waals surface area contributed by atoms with E-state index in [-0.39, 0.29) is 0 Å². The van der Waals surface area contributed by atoms with Crippen LogP contribution in [-0.4, -0.2) is 7.05 Å². The van der Waals surface area contributed by atoms with Crippen LogP contribution in [0.5, 0.6) is 0 Å². The van der Waals surface area contributed by atoms with Gasteiger partial charge in [-0.05, 0) is 55.1 Å². The lowest BCUT2D eigenvalue weighted by molar-refractivity contribution is 0.652. The van der Waals surface area contributed by atoms with E-state index in [1.165, 1.54) is 21.6 Å². The van der Waals surface area contributed by atoms with E-state index in [0.29, 0.717) is 6.04 Å². The molecule has 0 radical (unpaired) electrons. The van der Waals surface area contributed by atoms with Gasteiger partial charge in [-0.2, -0.15) is 0 Å². The Bertz CT molecular complexity index is 473. The average molecular weight is 231 g/mol. The lowest BCUT2D eigenvalue weighted by atomic mass is 10.0. The maximum absolute atomic E-state index is 3.27. The predicted molar refractivity (Wildman–Crippen MR) is 72.0 cm³/mol. The van der Waals surface area contributed by atoms with Crippen molar-refractivity contribution in [1.82, 2.24) is 5.32 Å². The van der Waals surface area contributed by atoms with E-state index in [1.54, 1.807) is 11.3 Å². The van der Waals surface area contributed by atoms with Gasteiger partial charge < -0.3 is 5.32 Å². The highest BCUT2D eigenvalue weighted by Crippen LogP contribution is 2.27. The van der Waals surface area contributed by atoms with E-state index < -0.39 is 0 Å². The highest BCUT2D eigenvalue weighted by atomic mass is 32.1. The van der Waals surface area contributed by atoms with Crippen molar-refractivity contribution >= 4 is 11.3 Å². The van der Waals surface area contributed by atoms with Crippen LogP contribution in [0, 0.1) is 6.92 Å². The van der Waals surface area contributed by atoms with Crippen LogP contribution in [0.15, 0.2) is 35.7 Å². The highest BCUT2D eigenvalue weighted by molar-refractivity contribution is 7.10. The molecule has 1 aromatic carbocycles. The molecule has 1 nitrogen and oxygen atoms in total. The Hall–Kier alpha value is -1.12. The number of aryl methyl sites for hydroxylation is 1. The molecular formula is C14H17NS. The molecule has 0 aliphatic carbocycles. The van der Waals surface area contributed by atoms with E-state index >= 15 is 0 Å². The second kappa shape index (κ2) is 4.81. The van der Waals surface area contributed by atoms with E-state index in [0.717, 1.165) is 0 Å². The molecule has 0 fully saturated rings. The molecule has 0 saturated carbocycles. The van der Waals surface area contributed by atoms with Gasteiger partial charge in [0.1, 0.15) is 0 Å². The molecule has 0 amide bonds. The molecule has 2 heteroatoms. The summed E-state index contributed by atoms with van der Waals surface area (Å²) in [6.07, 6.45) is 0. The molecule has 84 valence electrons. The third-order valence-corrected chi connectivity index (χ3v) is 3.74. The number of hydrogen-bond acceptors (Lipinski definition) is 2. The second-order valence-corrected chi connectivity index (χ2v) is 5.20. The van der Waals surface area contributed by atoms with Crippen LogP contribution >= 0.6 is 11.3 Å². The molecule has 2 aromatic rings. The molecule has 0 aliphatic rings. The van der Waals surface area contributed by atoms with Gasteiger partial charge in [0.2, 0.25) is 0 Å². The van der Waals surface area contributed by atoms with E-state index in [9.17, 15) is 0 Å². The minimum Gasteiger partial charge on any atom is -0.313 e. The number of thiophene rings is 1. The van der Waals surface area contributed by atoms with Gasteiger partial charge in [-0.3, -0.25) is 0 Å². The third kappa shape index (κ3) is 2.34. The Morgan fingerprint density at radius 1 is 1.19 bits per heavy atom. The van der Waals surface area contributed by atoms with Gasteiger partial charge in [-0.25, -0.2) is 0 Å². The molecule has 0 aliphatic heterocycles. The van der Waals surface area contributed by atoms with Gasteiger partial charge in [0.05, 0.1) is 0 Å². The van der Waals surface area contributed by atoms with Crippen LogP contribution in [0.25, 0.3) is 11.1 Å². The minimum absolute atomic E-state index is 0.402. The number of rotatable bonds is 3. The summed E-state index contributed by atoms with van der Waals surface area (Å²) in [5.41, 5.74) is 3.97. The summed E-state index contributed by atoms with van der Waals surface area (Å²) in [4.78, 5) is 1.36. The fourth-order valence-electron chi connectivity index (χ4n) is 1.75. The van der Waals surface area contributed by atoms with E-state index in [2.05, 4.69) is 54.9 Å². The summed E-state index contributed by atoms with van der Waals surface area (Å²) >= 11 is 1.80. The van der Waals surface area contributed by atoms with Crippen LogP contribution in [0.1, 0.15) is 23.4 Å². The zero-order valence-electron chi connectivity index (χ0n) is 9.95. The van der Waals surface area contributed by atoms with Crippen molar-refractivity contribution in [2.45, 2.75) is 19.9 Å². The average Bonchev–Trinajstić information content (AvgIpc) is 2.75. The summed E-state index contributed by atoms with van der Waals surface area (Å²) in [7, 11) is 1.99. The lowest BCUT2D eigenvalue weighted by Crippen LogP contribution is -2.11. The molecule has 2 rings (SSSR count). The van der Waals surface area contributed by atoms with Crippen molar-refractivity contribution in [3.63, 3.8) is 0 Å². The molecule has 16 heavy (non-hydrogen) atoms. The van der Waals surface area contributed by atoms with Gasteiger partial charge in [-0.15, -0.1) is 11.3 Å². The van der Waals surface area contributed by atoms with E-state index in [1.807, 2.05) is 7.05 Å². The standard InChI is InChI=1S/C14H17NS/c1-10-7-14(9-16-10)13-6-4-5-12(8-13)11(2)15-3/h4-9,11,15H,1-3H3. The molecule has 1 atom stereocenters. The minimum atomic E-state index is 0.402. The third-order valence-electron chi connectivity index (χ3n) is 2.88. The molecule has 1 heterocycles. The maximum atomic E-state index is 3.27. The topological polar surface area (TPSA) is 12.0 Å². The summed E-state index contributed by atoms with van der Waals surface area (Å²) in [5.74, 6) is 0. The van der Waals surface area contributed by atoms with Crippen molar-refractivity contribution in [2.24, 2.45) is 0 Å². The monoisotopic (exact) mass is 231 g/mol. The van der Waals surface area contributed by atoms with Gasteiger partial charge >= 0.3 is 0 Å². The highest BCUT2D eigenvalue weighted by Gasteiger charge is 2.05. The zero-order valence-corrected chi connectivity index (χ0v) is 10.8. The van der Waals surface area contributed by atoms with Crippen molar-refractivity contribution in [2.75, 3.05) is 7.05 Å². The largest absolute Gasteiger partial charge is 0.313 e. The predicted octanol–water partition coefficient (Wildman–Crippen LogP) is 4.00. The molecule has 1 unspecified atom stereocenters. The van der Waals surface area contributed by atoms with Gasteiger partial charge in [0.15, 0.2) is 0 Å². The first-order chi connectivity index (χ1) is 7.70. The molecule has 0 saturated heterocycles. The summed E-state index contributed by atoms with van der Waals surface area (Å²) in [5, 5.41) is 5.49. The first-order valence-electron chi connectivity index (χ1n) is 5.53. The Morgan fingerprint density at radius 3 is 2.62 bits per heavy atom. The van der Waals surface area contributed by atoms with Crippen molar-refractivity contribution in [1.29, 1.82) is 0 Å². The Kier molecular flexibility index (Phi) is 3.42. The Labute approximate surface area is 101 Å². The van der Waals surface area contributed by atoms with Gasteiger partial charge in [-0.1, -0.05) is 18.2 Å². The molecule has 1 N–H and O–H groups in total. The maximum Gasteiger partial charge on any atom is 0.0289 e. The fraction of sp³-hybridized carbons (Fsp3) is 0.286. The van der Waals surface area contributed by atoms with Gasteiger partial charge in [0.25, 0.3) is 0 Å². The first kappa shape index (κ1) is 11.4. The zero-order chi connectivity index (χ0) is 11.5. The number of nitrogens with one attached hydrogen (secondary N) is 1. The molecule has 0 bridgehead atoms. The van der Waals surface area contributed by atoms with Crippen LogP contribution in [-0.2, 0) is 0 Å². The summed E-state index contributed by atoms with van der Waals surface area (Å²) < 4.78 is 0. The quantitative estimate of drug-likeness (QED) is 0.841. The van der Waals surface area contributed by atoms with Gasteiger partial charge in [0, 0.05) is 10.9 Å². The van der Waals surface area contributed by atoms with Crippen LogP contribution in [0.2, 0.25) is 0 Å². The van der Waals surface area contributed by atoms with Crippen LogP contribution in [0.4, 0.5) is 0 Å². The fourth-order valence-corrected chi connectivity index (χ4v) is 2.46. The number of hydrogen-bond donors (Lipinski definition) is 1. The SMILES string of the molecule is CNC(C)c1cccc(-c2csc(C)c2)c1. The Balaban J connectivity index is 2.36. The van der Waals surface area contributed by atoms with Crippen LogP contribution < -0.4 is 5.32 Å². The van der Waals surface area contributed by atoms with Crippen LogP contribution in [0.3, 0.4) is 0 Å².